The summed E-state index contributed by atoms with van der Waals surface area (Å²) in [6.45, 7) is 3.94. The Balaban J connectivity index is 1.87. The van der Waals surface area contributed by atoms with Crippen LogP contribution in [0.3, 0.4) is 0 Å². The summed E-state index contributed by atoms with van der Waals surface area (Å²) in [6, 6.07) is 0. The molecule has 3 rings (SSSR count). The second-order valence-electron chi connectivity index (χ2n) is 6.25. The molecule has 2 aliphatic heterocycles. The van der Waals surface area contributed by atoms with Gasteiger partial charge in [-0.2, -0.15) is 0 Å². The lowest BCUT2D eigenvalue weighted by Gasteiger charge is -2.39. The van der Waals surface area contributed by atoms with E-state index in [1.54, 1.807) is 11.8 Å². The van der Waals surface area contributed by atoms with Crippen LogP contribution in [0.2, 0.25) is 0 Å². The lowest BCUT2D eigenvalue weighted by atomic mass is 9.73. The molecule has 7 nitrogen and oxygen atoms in total. The summed E-state index contributed by atoms with van der Waals surface area (Å²) in [5.41, 5.74) is 0.270. The number of imidazole rings is 1. The molecule has 7 heteroatoms. The predicted molar refractivity (Wildman–Crippen MR) is 74.9 cm³/mol. The molecule has 0 bridgehead atoms. The first-order chi connectivity index (χ1) is 9.94. The van der Waals surface area contributed by atoms with Crippen molar-refractivity contribution in [3.8, 4) is 0 Å². The molecule has 2 saturated heterocycles. The maximum absolute atomic E-state index is 12.6. The fourth-order valence-electron chi connectivity index (χ4n) is 3.65. The van der Waals surface area contributed by atoms with E-state index < -0.39 is 11.4 Å². The van der Waals surface area contributed by atoms with Crippen molar-refractivity contribution in [2.24, 2.45) is 11.3 Å². The Bertz CT molecular complexity index is 585. The summed E-state index contributed by atoms with van der Waals surface area (Å²) in [4.78, 5) is 35.0. The highest BCUT2D eigenvalue weighted by Crippen LogP contribution is 2.42. The zero-order valence-corrected chi connectivity index (χ0v) is 12.3. The van der Waals surface area contributed by atoms with Gasteiger partial charge >= 0.3 is 5.97 Å². The molecule has 2 N–H and O–H groups in total. The third-order valence-corrected chi connectivity index (χ3v) is 4.85. The van der Waals surface area contributed by atoms with Gasteiger partial charge in [0.25, 0.3) is 5.91 Å². The van der Waals surface area contributed by atoms with E-state index in [9.17, 15) is 14.7 Å². The molecular weight excluding hydrogens is 272 g/mol. The van der Waals surface area contributed by atoms with Crippen LogP contribution in [-0.2, 0) is 4.79 Å². The smallest absolute Gasteiger partial charge is 0.313 e. The molecule has 0 unspecified atom stereocenters. The van der Waals surface area contributed by atoms with E-state index in [4.69, 9.17) is 0 Å². The molecule has 21 heavy (non-hydrogen) atoms. The standard InChI is InChI=1S/C14H20N4O3/c1-9-11(16-8-15-9)12(19)18-5-10-3-4-17(2)6-14(10,7-18)13(20)21/h8,10H,3-7H2,1-2H3,(H,15,16)(H,20,21)/t10-,14-/m1/s1. The Hall–Kier alpha value is -1.89. The van der Waals surface area contributed by atoms with Gasteiger partial charge in [-0.1, -0.05) is 0 Å². The Labute approximate surface area is 122 Å². The molecule has 1 aromatic rings. The number of carbonyl (C=O) groups excluding carboxylic acids is 1. The number of aliphatic carboxylic acids is 1. The number of nitrogens with zero attached hydrogens (tertiary/aromatic N) is 3. The van der Waals surface area contributed by atoms with Gasteiger partial charge in [-0.05, 0) is 32.9 Å². The topological polar surface area (TPSA) is 89.5 Å². The molecule has 0 aromatic carbocycles. The van der Waals surface area contributed by atoms with Crippen LogP contribution in [0.4, 0.5) is 0 Å². The number of hydrogen-bond acceptors (Lipinski definition) is 4. The van der Waals surface area contributed by atoms with Crippen molar-refractivity contribution in [3.05, 3.63) is 17.7 Å². The number of carbonyl (C=O) groups is 2. The average Bonchev–Trinajstić information content (AvgIpc) is 3.01. The van der Waals surface area contributed by atoms with Gasteiger partial charge in [-0.15, -0.1) is 0 Å². The fourth-order valence-corrected chi connectivity index (χ4v) is 3.65. The van der Waals surface area contributed by atoms with Crippen LogP contribution in [0.5, 0.6) is 0 Å². The van der Waals surface area contributed by atoms with Crippen molar-refractivity contribution in [2.45, 2.75) is 13.3 Å². The van der Waals surface area contributed by atoms with E-state index >= 15 is 0 Å². The van der Waals surface area contributed by atoms with Crippen LogP contribution in [0.25, 0.3) is 0 Å². The largest absolute Gasteiger partial charge is 0.481 e. The fraction of sp³-hybridized carbons (Fsp3) is 0.643. The zero-order chi connectivity index (χ0) is 15.2. The van der Waals surface area contributed by atoms with Crippen molar-refractivity contribution in [2.75, 3.05) is 33.2 Å². The van der Waals surface area contributed by atoms with E-state index in [2.05, 4.69) is 9.97 Å². The number of amides is 1. The van der Waals surface area contributed by atoms with Crippen LogP contribution < -0.4 is 0 Å². The molecular formula is C14H20N4O3. The van der Waals surface area contributed by atoms with Gasteiger partial charge in [0.1, 0.15) is 11.1 Å². The molecule has 2 atom stereocenters. The van der Waals surface area contributed by atoms with E-state index in [0.29, 0.717) is 18.8 Å². The van der Waals surface area contributed by atoms with Crippen LogP contribution in [0.1, 0.15) is 22.6 Å². The normalized spacial score (nSPS) is 29.4. The lowest BCUT2D eigenvalue weighted by molar-refractivity contribution is -0.153. The van der Waals surface area contributed by atoms with Gasteiger partial charge in [-0.25, -0.2) is 4.98 Å². The molecule has 0 saturated carbocycles. The number of nitrogens with one attached hydrogen (secondary N) is 1. The molecule has 2 aliphatic rings. The number of rotatable bonds is 2. The SMILES string of the molecule is Cc1[nH]cnc1C(=O)N1C[C@H]2CCN(C)C[C@@]2(C(=O)O)C1. The summed E-state index contributed by atoms with van der Waals surface area (Å²) in [5, 5.41) is 9.72. The van der Waals surface area contributed by atoms with E-state index in [1.165, 1.54) is 6.33 Å². The van der Waals surface area contributed by atoms with Crippen LogP contribution >= 0.6 is 0 Å². The maximum Gasteiger partial charge on any atom is 0.313 e. The highest BCUT2D eigenvalue weighted by Gasteiger charge is 2.55. The summed E-state index contributed by atoms with van der Waals surface area (Å²) in [7, 11) is 1.93. The number of aromatic amines is 1. The highest BCUT2D eigenvalue weighted by molar-refractivity contribution is 5.94. The molecule has 0 radical (unpaired) electrons. The molecule has 0 aliphatic carbocycles. The van der Waals surface area contributed by atoms with E-state index in [1.807, 2.05) is 11.9 Å². The van der Waals surface area contributed by atoms with Gasteiger partial charge < -0.3 is 19.9 Å². The number of hydrogen-bond donors (Lipinski definition) is 2. The summed E-state index contributed by atoms with van der Waals surface area (Å²) in [5.74, 6) is -0.950. The van der Waals surface area contributed by atoms with Crippen LogP contribution in [-0.4, -0.2) is 70.0 Å². The predicted octanol–water partition coefficient (Wildman–Crippen LogP) is 0.197. The number of carboxylic acid groups (broad SMARTS) is 1. The molecule has 2 fully saturated rings. The number of fused-ring (bicyclic) bond motifs is 1. The molecule has 114 valence electrons. The second kappa shape index (κ2) is 4.84. The minimum absolute atomic E-state index is 0.0226. The van der Waals surface area contributed by atoms with E-state index in [0.717, 1.165) is 18.7 Å². The third-order valence-electron chi connectivity index (χ3n) is 4.85. The van der Waals surface area contributed by atoms with Crippen molar-refractivity contribution in [3.63, 3.8) is 0 Å². The number of carboxylic acids is 1. The Morgan fingerprint density at radius 1 is 1.48 bits per heavy atom. The van der Waals surface area contributed by atoms with Gasteiger partial charge in [-0.3, -0.25) is 9.59 Å². The Kier molecular flexibility index (Phi) is 3.24. The second-order valence-corrected chi connectivity index (χ2v) is 6.25. The summed E-state index contributed by atoms with van der Waals surface area (Å²) in [6.07, 6.45) is 2.30. The molecule has 1 aromatic heterocycles. The van der Waals surface area contributed by atoms with Crippen molar-refractivity contribution in [1.82, 2.24) is 19.8 Å². The molecule has 1 amide bonds. The lowest BCUT2D eigenvalue weighted by Crippen LogP contribution is -2.52. The molecule has 3 heterocycles. The average molecular weight is 292 g/mol. The van der Waals surface area contributed by atoms with Crippen LogP contribution in [0.15, 0.2) is 6.33 Å². The van der Waals surface area contributed by atoms with Crippen LogP contribution in [0, 0.1) is 18.3 Å². The van der Waals surface area contributed by atoms with Gasteiger partial charge in [0.05, 0.1) is 6.33 Å². The third kappa shape index (κ3) is 2.12. The number of aromatic nitrogens is 2. The minimum Gasteiger partial charge on any atom is -0.481 e. The van der Waals surface area contributed by atoms with Gasteiger partial charge in [0.15, 0.2) is 0 Å². The number of piperidine rings is 1. The maximum atomic E-state index is 12.6. The first-order valence-electron chi connectivity index (χ1n) is 7.15. The summed E-state index contributed by atoms with van der Waals surface area (Å²) < 4.78 is 0. The first kappa shape index (κ1) is 14.1. The summed E-state index contributed by atoms with van der Waals surface area (Å²) >= 11 is 0. The zero-order valence-electron chi connectivity index (χ0n) is 12.3. The van der Waals surface area contributed by atoms with E-state index in [-0.39, 0.29) is 18.4 Å². The Morgan fingerprint density at radius 3 is 2.86 bits per heavy atom. The van der Waals surface area contributed by atoms with Crippen molar-refractivity contribution < 1.29 is 14.7 Å². The minimum atomic E-state index is -0.840. The van der Waals surface area contributed by atoms with Crippen molar-refractivity contribution in [1.29, 1.82) is 0 Å². The van der Waals surface area contributed by atoms with Gasteiger partial charge in [0.2, 0.25) is 0 Å². The first-order valence-corrected chi connectivity index (χ1v) is 7.15. The monoisotopic (exact) mass is 292 g/mol. The number of H-pyrrole nitrogens is 1. The highest BCUT2D eigenvalue weighted by atomic mass is 16.4. The van der Waals surface area contributed by atoms with Gasteiger partial charge in [0, 0.05) is 25.3 Å². The Morgan fingerprint density at radius 2 is 2.24 bits per heavy atom. The number of likely N-dealkylation sites (tertiary alicyclic amines) is 2. The van der Waals surface area contributed by atoms with Crippen molar-refractivity contribution >= 4 is 11.9 Å². The number of aryl methyl sites for hydroxylation is 1. The quantitative estimate of drug-likeness (QED) is 0.812. The molecule has 0 spiro atoms.